The molecule has 0 radical (unpaired) electrons. The van der Waals surface area contributed by atoms with Crippen LogP contribution in [0.3, 0.4) is 0 Å². The minimum atomic E-state index is 0.0262. The molecule has 35 heavy (non-hydrogen) atoms. The van der Waals surface area contributed by atoms with Crippen LogP contribution < -0.4 is 0 Å². The van der Waals surface area contributed by atoms with Crippen LogP contribution in [-0.2, 0) is 6.42 Å². The summed E-state index contributed by atoms with van der Waals surface area (Å²) in [6, 6.07) is 17.8. The van der Waals surface area contributed by atoms with Crippen LogP contribution in [0.25, 0.3) is 11.0 Å². The van der Waals surface area contributed by atoms with Gasteiger partial charge in [-0.2, -0.15) is 11.3 Å². The molecule has 2 aromatic carbocycles. The first kappa shape index (κ1) is 23.2. The largest absolute Gasteiger partial charge is 0.339 e. The minimum absolute atomic E-state index is 0.0262. The summed E-state index contributed by atoms with van der Waals surface area (Å²) in [7, 11) is 1.92. The standard InChI is InChI=1S/C28H28N4O2S/c1-31(27(33)23-11-16-35-19-23)26(17-20-5-3-2-4-6-20)21-9-14-32(15-10-21)28(34)22-7-8-24-25(18-22)30-13-12-29-24/h2-8,11-13,16,18-19,21,26H,9-10,14-15,17H2,1H3/t26-/m0/s1. The second-order valence-corrected chi connectivity index (χ2v) is 9.85. The molecule has 4 aromatic rings. The fourth-order valence-corrected chi connectivity index (χ4v) is 5.61. The zero-order valence-corrected chi connectivity index (χ0v) is 20.5. The van der Waals surface area contributed by atoms with Gasteiger partial charge in [-0.15, -0.1) is 0 Å². The van der Waals surface area contributed by atoms with Crippen molar-refractivity contribution in [1.82, 2.24) is 19.8 Å². The van der Waals surface area contributed by atoms with E-state index in [-0.39, 0.29) is 17.9 Å². The number of carbonyl (C=O) groups is 2. The summed E-state index contributed by atoms with van der Waals surface area (Å²) in [6.45, 7) is 1.35. The van der Waals surface area contributed by atoms with Crippen molar-refractivity contribution in [2.75, 3.05) is 20.1 Å². The van der Waals surface area contributed by atoms with Gasteiger partial charge in [0.25, 0.3) is 11.8 Å². The van der Waals surface area contributed by atoms with Gasteiger partial charge in [-0.3, -0.25) is 19.6 Å². The maximum Gasteiger partial charge on any atom is 0.254 e. The van der Waals surface area contributed by atoms with E-state index in [1.165, 1.54) is 16.9 Å². The van der Waals surface area contributed by atoms with E-state index in [1.54, 1.807) is 12.4 Å². The number of hydrogen-bond donors (Lipinski definition) is 0. The van der Waals surface area contributed by atoms with Crippen molar-refractivity contribution < 1.29 is 9.59 Å². The molecule has 178 valence electrons. The van der Waals surface area contributed by atoms with Gasteiger partial charge in [0.2, 0.25) is 0 Å². The number of likely N-dealkylation sites (tertiary alicyclic amines) is 1. The zero-order chi connectivity index (χ0) is 24.2. The number of fused-ring (bicyclic) bond motifs is 1. The third kappa shape index (κ3) is 5.10. The third-order valence-electron chi connectivity index (χ3n) is 6.96. The number of aromatic nitrogens is 2. The van der Waals surface area contributed by atoms with Crippen LogP contribution in [0.15, 0.2) is 77.8 Å². The van der Waals surface area contributed by atoms with Gasteiger partial charge in [-0.25, -0.2) is 0 Å². The topological polar surface area (TPSA) is 66.4 Å². The molecule has 6 nitrogen and oxygen atoms in total. The highest BCUT2D eigenvalue weighted by molar-refractivity contribution is 7.08. The van der Waals surface area contributed by atoms with E-state index in [0.29, 0.717) is 24.6 Å². The predicted octanol–water partition coefficient (Wildman–Crippen LogP) is 4.93. The summed E-state index contributed by atoms with van der Waals surface area (Å²) in [5.74, 6) is 0.399. The first-order chi connectivity index (χ1) is 17.1. The first-order valence-corrected chi connectivity index (χ1v) is 12.9. The van der Waals surface area contributed by atoms with Crippen LogP contribution in [0.1, 0.15) is 39.1 Å². The number of hydrogen-bond acceptors (Lipinski definition) is 5. The van der Waals surface area contributed by atoms with Gasteiger partial charge in [-0.1, -0.05) is 30.3 Å². The molecule has 2 aromatic heterocycles. The van der Waals surface area contributed by atoms with Crippen molar-refractivity contribution in [3.63, 3.8) is 0 Å². The Morgan fingerprint density at radius 1 is 1.00 bits per heavy atom. The van der Waals surface area contributed by atoms with E-state index in [2.05, 4.69) is 22.1 Å². The second kappa shape index (κ2) is 10.4. The summed E-state index contributed by atoms with van der Waals surface area (Å²) in [5, 5.41) is 3.85. The molecule has 1 saturated heterocycles. The van der Waals surface area contributed by atoms with Crippen molar-refractivity contribution in [2.24, 2.45) is 5.92 Å². The highest BCUT2D eigenvalue weighted by Gasteiger charge is 2.33. The average Bonchev–Trinajstić information content (AvgIpc) is 3.46. The number of benzene rings is 2. The average molecular weight is 485 g/mol. The summed E-state index contributed by atoms with van der Waals surface area (Å²) in [5.41, 5.74) is 4.11. The lowest BCUT2D eigenvalue weighted by molar-refractivity contribution is 0.0523. The Balaban J connectivity index is 1.30. The van der Waals surface area contributed by atoms with E-state index in [9.17, 15) is 9.59 Å². The molecule has 1 aliphatic rings. The molecule has 2 amide bonds. The van der Waals surface area contributed by atoms with Gasteiger partial charge in [0.05, 0.1) is 16.6 Å². The van der Waals surface area contributed by atoms with E-state index < -0.39 is 0 Å². The van der Waals surface area contributed by atoms with Gasteiger partial charge in [0.15, 0.2) is 0 Å². The van der Waals surface area contributed by atoms with E-state index in [4.69, 9.17) is 0 Å². The molecule has 1 fully saturated rings. The van der Waals surface area contributed by atoms with Crippen molar-refractivity contribution in [1.29, 1.82) is 0 Å². The third-order valence-corrected chi connectivity index (χ3v) is 7.64. The monoisotopic (exact) mass is 484 g/mol. The molecule has 0 unspecified atom stereocenters. The van der Waals surface area contributed by atoms with E-state index >= 15 is 0 Å². The Labute approximate surface area is 209 Å². The predicted molar refractivity (Wildman–Crippen MR) is 139 cm³/mol. The summed E-state index contributed by atoms with van der Waals surface area (Å²) < 4.78 is 0. The quantitative estimate of drug-likeness (QED) is 0.389. The second-order valence-electron chi connectivity index (χ2n) is 9.07. The fraction of sp³-hybridized carbons (Fsp3) is 0.286. The maximum absolute atomic E-state index is 13.2. The number of amides is 2. The van der Waals surface area contributed by atoms with Gasteiger partial charge in [0, 0.05) is 49.5 Å². The molecule has 0 saturated carbocycles. The molecular weight excluding hydrogens is 456 g/mol. The Morgan fingerprint density at radius 3 is 2.46 bits per heavy atom. The Morgan fingerprint density at radius 2 is 1.74 bits per heavy atom. The van der Waals surface area contributed by atoms with Gasteiger partial charge in [-0.05, 0) is 60.4 Å². The van der Waals surface area contributed by atoms with Crippen LogP contribution >= 0.6 is 11.3 Å². The number of thiophene rings is 1. The Kier molecular flexibility index (Phi) is 6.86. The lowest BCUT2D eigenvalue weighted by atomic mass is 9.84. The fourth-order valence-electron chi connectivity index (χ4n) is 4.98. The molecule has 1 aliphatic heterocycles. The summed E-state index contributed by atoms with van der Waals surface area (Å²) >= 11 is 1.54. The molecule has 0 N–H and O–H groups in total. The molecule has 0 aliphatic carbocycles. The minimum Gasteiger partial charge on any atom is -0.339 e. The molecular formula is C28H28N4O2S. The first-order valence-electron chi connectivity index (χ1n) is 11.9. The highest BCUT2D eigenvalue weighted by atomic mass is 32.1. The normalized spacial score (nSPS) is 15.2. The SMILES string of the molecule is CN(C(=O)c1ccsc1)[C@@H](Cc1ccccc1)C1CCN(C(=O)c2ccc3nccnc3c2)CC1. The molecule has 7 heteroatoms. The number of piperidine rings is 1. The van der Waals surface area contributed by atoms with Gasteiger partial charge in [0.1, 0.15) is 0 Å². The van der Waals surface area contributed by atoms with Crippen LogP contribution in [0.2, 0.25) is 0 Å². The zero-order valence-electron chi connectivity index (χ0n) is 19.7. The maximum atomic E-state index is 13.2. The lowest BCUT2D eigenvalue weighted by Gasteiger charge is -2.40. The molecule has 1 atom stereocenters. The summed E-state index contributed by atoms with van der Waals surface area (Å²) in [4.78, 5) is 38.9. The number of nitrogens with zero attached hydrogens (tertiary/aromatic N) is 4. The number of rotatable bonds is 6. The molecule has 3 heterocycles. The number of carbonyl (C=O) groups excluding carboxylic acids is 2. The summed E-state index contributed by atoms with van der Waals surface area (Å²) in [6.07, 6.45) is 5.81. The van der Waals surface area contributed by atoms with Crippen LogP contribution in [-0.4, -0.2) is 57.8 Å². The molecule has 0 bridgehead atoms. The van der Waals surface area contributed by atoms with Crippen molar-refractivity contribution in [3.05, 3.63) is 94.4 Å². The van der Waals surface area contributed by atoms with Crippen molar-refractivity contribution in [2.45, 2.75) is 25.3 Å². The van der Waals surface area contributed by atoms with Crippen LogP contribution in [0.4, 0.5) is 0 Å². The van der Waals surface area contributed by atoms with Crippen LogP contribution in [0, 0.1) is 5.92 Å². The highest BCUT2D eigenvalue weighted by Crippen LogP contribution is 2.28. The smallest absolute Gasteiger partial charge is 0.254 e. The van der Waals surface area contributed by atoms with Gasteiger partial charge >= 0.3 is 0 Å². The Hall–Kier alpha value is -3.58. The Bertz CT molecular complexity index is 1300. The van der Waals surface area contributed by atoms with E-state index in [1.807, 2.05) is 70.1 Å². The molecule has 0 spiro atoms. The lowest BCUT2D eigenvalue weighted by Crippen LogP contribution is -2.48. The van der Waals surface area contributed by atoms with Crippen molar-refractivity contribution in [3.8, 4) is 0 Å². The molecule has 5 rings (SSSR count). The van der Waals surface area contributed by atoms with Crippen molar-refractivity contribution >= 4 is 34.2 Å². The van der Waals surface area contributed by atoms with Gasteiger partial charge < -0.3 is 9.80 Å². The number of likely N-dealkylation sites (N-methyl/N-ethyl adjacent to an activating group) is 1. The van der Waals surface area contributed by atoms with Crippen LogP contribution in [0.5, 0.6) is 0 Å². The van der Waals surface area contributed by atoms with E-state index in [0.717, 1.165) is 35.9 Å².